The van der Waals surface area contributed by atoms with Gasteiger partial charge in [0.15, 0.2) is 11.4 Å². The van der Waals surface area contributed by atoms with Crippen LogP contribution < -0.4 is 4.74 Å². The molecular formula is C10H5F6N3O3. The second-order valence-corrected chi connectivity index (χ2v) is 3.93. The maximum atomic E-state index is 12.9. The van der Waals surface area contributed by atoms with E-state index in [9.17, 15) is 31.1 Å². The molecule has 120 valence electrons. The van der Waals surface area contributed by atoms with E-state index in [0.29, 0.717) is 6.20 Å². The second-order valence-electron chi connectivity index (χ2n) is 3.93. The van der Waals surface area contributed by atoms with Crippen LogP contribution in [0.1, 0.15) is 16.1 Å². The summed E-state index contributed by atoms with van der Waals surface area (Å²) in [5.74, 6) is -2.43. The summed E-state index contributed by atoms with van der Waals surface area (Å²) in [5, 5.41) is 6.10. The number of aromatic nitrogens is 3. The molecule has 0 saturated carbocycles. The average Bonchev–Trinajstić information content (AvgIpc) is 2.95. The lowest BCUT2D eigenvalue weighted by atomic mass is 10.3. The molecule has 6 nitrogen and oxygen atoms in total. The Kier molecular flexibility index (Phi) is 3.85. The Morgan fingerprint density at radius 2 is 1.91 bits per heavy atom. The number of esters is 1. The number of alkyl halides is 6. The van der Waals surface area contributed by atoms with E-state index in [2.05, 4.69) is 19.5 Å². The summed E-state index contributed by atoms with van der Waals surface area (Å²) in [6, 6.07) is 0. The Bertz CT molecular complexity index is 658. The van der Waals surface area contributed by atoms with Crippen molar-refractivity contribution < 1.29 is 40.4 Å². The predicted molar refractivity (Wildman–Crippen MR) is 54.7 cm³/mol. The third-order valence-corrected chi connectivity index (χ3v) is 2.27. The van der Waals surface area contributed by atoms with Gasteiger partial charge in [0, 0.05) is 0 Å². The monoisotopic (exact) mass is 329 g/mol. The molecule has 0 aliphatic carbocycles. The van der Waals surface area contributed by atoms with E-state index in [-0.39, 0.29) is 10.2 Å². The maximum absolute atomic E-state index is 12.9. The molecule has 0 N–H and O–H groups in total. The fourth-order valence-electron chi connectivity index (χ4n) is 1.48. The van der Waals surface area contributed by atoms with Crippen molar-refractivity contribution in [2.24, 2.45) is 0 Å². The average molecular weight is 329 g/mol. The zero-order valence-corrected chi connectivity index (χ0v) is 10.3. The van der Waals surface area contributed by atoms with Gasteiger partial charge in [-0.25, -0.2) is 9.48 Å². The first-order valence-corrected chi connectivity index (χ1v) is 5.39. The van der Waals surface area contributed by atoms with Crippen LogP contribution in [0.15, 0.2) is 23.2 Å². The quantitative estimate of drug-likeness (QED) is 0.640. The maximum Gasteiger partial charge on any atom is 0.436 e. The molecule has 0 bridgehead atoms. The van der Waals surface area contributed by atoms with Crippen LogP contribution in [-0.4, -0.2) is 27.1 Å². The minimum atomic E-state index is -5.20. The standard InChI is InChI=1S/C10H5F6N3O3/c11-9(12,13)4-19-7(10(14,15)16)6(2-17-19)22-8(20)5-1-18-21-3-5/h1-3H,4H2. The third-order valence-electron chi connectivity index (χ3n) is 2.27. The highest BCUT2D eigenvalue weighted by Crippen LogP contribution is 2.37. The molecule has 12 heteroatoms. The molecule has 0 spiro atoms. The smallest absolute Gasteiger partial charge is 0.419 e. The highest BCUT2D eigenvalue weighted by Gasteiger charge is 2.42. The number of rotatable bonds is 3. The summed E-state index contributed by atoms with van der Waals surface area (Å²) in [6.45, 7) is -1.98. The van der Waals surface area contributed by atoms with Crippen molar-refractivity contribution >= 4 is 5.97 Å². The Labute approximate surface area is 117 Å². The van der Waals surface area contributed by atoms with Gasteiger partial charge < -0.3 is 9.26 Å². The minimum Gasteiger partial charge on any atom is -0.419 e. The fourth-order valence-corrected chi connectivity index (χ4v) is 1.48. The van der Waals surface area contributed by atoms with Crippen molar-refractivity contribution in [1.82, 2.24) is 14.9 Å². The third kappa shape index (κ3) is 3.56. The number of hydrogen-bond acceptors (Lipinski definition) is 5. The Morgan fingerprint density at radius 3 is 2.41 bits per heavy atom. The molecule has 2 aromatic rings. The Balaban J connectivity index is 2.34. The fraction of sp³-hybridized carbons (Fsp3) is 0.300. The Morgan fingerprint density at radius 1 is 1.23 bits per heavy atom. The molecule has 0 amide bonds. The first-order chi connectivity index (χ1) is 10.1. The molecular weight excluding hydrogens is 324 g/mol. The van der Waals surface area contributed by atoms with Crippen LogP contribution in [-0.2, 0) is 12.7 Å². The van der Waals surface area contributed by atoms with Crippen LogP contribution in [0.3, 0.4) is 0 Å². The molecule has 0 fully saturated rings. The van der Waals surface area contributed by atoms with E-state index < -0.39 is 36.3 Å². The molecule has 0 saturated heterocycles. The van der Waals surface area contributed by atoms with Crippen LogP contribution in [0.4, 0.5) is 26.3 Å². The first-order valence-electron chi connectivity index (χ1n) is 5.39. The lowest BCUT2D eigenvalue weighted by Crippen LogP contribution is -2.24. The van der Waals surface area contributed by atoms with Gasteiger partial charge in [-0.1, -0.05) is 5.16 Å². The van der Waals surface area contributed by atoms with Crippen molar-refractivity contribution in [2.75, 3.05) is 0 Å². The summed E-state index contributed by atoms with van der Waals surface area (Å²) >= 11 is 0. The molecule has 2 aromatic heterocycles. The molecule has 2 heterocycles. The van der Waals surface area contributed by atoms with E-state index in [1.165, 1.54) is 0 Å². The van der Waals surface area contributed by atoms with Crippen LogP contribution in [0.25, 0.3) is 0 Å². The first kappa shape index (κ1) is 15.9. The van der Waals surface area contributed by atoms with Crippen molar-refractivity contribution in [3.05, 3.63) is 29.9 Å². The lowest BCUT2D eigenvalue weighted by Gasteiger charge is -2.13. The zero-order valence-electron chi connectivity index (χ0n) is 10.3. The van der Waals surface area contributed by atoms with Gasteiger partial charge in [-0.3, -0.25) is 0 Å². The van der Waals surface area contributed by atoms with Gasteiger partial charge >= 0.3 is 18.3 Å². The van der Waals surface area contributed by atoms with Gasteiger partial charge in [0.2, 0.25) is 0 Å². The molecule has 22 heavy (non-hydrogen) atoms. The summed E-state index contributed by atoms with van der Waals surface area (Å²) in [4.78, 5) is 11.5. The normalized spacial score (nSPS) is 12.5. The van der Waals surface area contributed by atoms with Crippen LogP contribution in [0.2, 0.25) is 0 Å². The van der Waals surface area contributed by atoms with Crippen molar-refractivity contribution in [3.63, 3.8) is 0 Å². The highest BCUT2D eigenvalue weighted by molar-refractivity contribution is 5.90. The number of halogens is 6. The number of carbonyl (C=O) groups excluding carboxylic acids is 1. The van der Waals surface area contributed by atoms with Gasteiger partial charge in [0.05, 0.1) is 12.4 Å². The molecule has 0 atom stereocenters. The van der Waals surface area contributed by atoms with E-state index in [1.807, 2.05) is 0 Å². The lowest BCUT2D eigenvalue weighted by molar-refractivity contribution is -0.161. The van der Waals surface area contributed by atoms with E-state index in [1.54, 1.807) is 0 Å². The minimum absolute atomic E-state index is 0.309. The number of ether oxygens (including phenoxy) is 1. The molecule has 0 unspecified atom stereocenters. The number of carbonyl (C=O) groups is 1. The number of nitrogens with zero attached hydrogens (tertiary/aromatic N) is 3. The molecule has 0 radical (unpaired) electrons. The van der Waals surface area contributed by atoms with Crippen LogP contribution in [0.5, 0.6) is 5.75 Å². The van der Waals surface area contributed by atoms with Gasteiger partial charge in [0.1, 0.15) is 18.4 Å². The summed E-state index contributed by atoms with van der Waals surface area (Å²) in [7, 11) is 0. The predicted octanol–water partition coefficient (Wildman–Crippen LogP) is 2.67. The zero-order chi connectivity index (χ0) is 16.5. The topological polar surface area (TPSA) is 70.2 Å². The van der Waals surface area contributed by atoms with E-state index >= 15 is 0 Å². The van der Waals surface area contributed by atoms with E-state index in [4.69, 9.17) is 0 Å². The van der Waals surface area contributed by atoms with Gasteiger partial charge in [-0.15, -0.1) is 0 Å². The summed E-state index contributed by atoms with van der Waals surface area (Å²) in [6.07, 6.45) is -8.08. The molecule has 0 aliphatic rings. The molecule has 2 rings (SSSR count). The highest BCUT2D eigenvalue weighted by atomic mass is 19.4. The summed E-state index contributed by atoms with van der Waals surface area (Å²) in [5.41, 5.74) is -2.13. The van der Waals surface area contributed by atoms with Gasteiger partial charge in [-0.2, -0.15) is 31.4 Å². The molecule has 0 aliphatic heterocycles. The SMILES string of the molecule is O=C(Oc1cnn(CC(F)(F)F)c1C(F)(F)F)c1cnoc1. The van der Waals surface area contributed by atoms with Crippen molar-refractivity contribution in [1.29, 1.82) is 0 Å². The number of hydrogen-bond donors (Lipinski definition) is 0. The second kappa shape index (κ2) is 5.35. The van der Waals surface area contributed by atoms with Gasteiger partial charge in [0.25, 0.3) is 0 Å². The van der Waals surface area contributed by atoms with Crippen molar-refractivity contribution in [3.8, 4) is 5.75 Å². The van der Waals surface area contributed by atoms with E-state index in [0.717, 1.165) is 12.5 Å². The summed E-state index contributed by atoms with van der Waals surface area (Å²) < 4.78 is 83.7. The van der Waals surface area contributed by atoms with Crippen molar-refractivity contribution in [2.45, 2.75) is 18.9 Å². The Hall–Kier alpha value is -2.53. The largest absolute Gasteiger partial charge is 0.436 e. The van der Waals surface area contributed by atoms with Gasteiger partial charge in [-0.05, 0) is 0 Å². The molecule has 0 aromatic carbocycles. The van der Waals surface area contributed by atoms with Crippen LogP contribution in [0, 0.1) is 0 Å². The van der Waals surface area contributed by atoms with Crippen LogP contribution >= 0.6 is 0 Å².